The molecule has 0 radical (unpaired) electrons. The van der Waals surface area contributed by atoms with Crippen LogP contribution >= 0.6 is 23.6 Å². The first-order valence-corrected chi connectivity index (χ1v) is 6.24. The highest BCUT2D eigenvalue weighted by Gasteiger charge is 2.13. The first kappa shape index (κ1) is 11.1. The summed E-state index contributed by atoms with van der Waals surface area (Å²) in [5, 5.41) is 14.6. The van der Waals surface area contributed by atoms with E-state index in [1.54, 1.807) is 9.95 Å². The van der Waals surface area contributed by atoms with Crippen molar-refractivity contribution < 1.29 is 9.84 Å². The molecule has 1 aromatic rings. The summed E-state index contributed by atoms with van der Waals surface area (Å²) < 4.78 is 7.84. The number of aromatic nitrogens is 1. The molecule has 4 nitrogen and oxygen atoms in total. The highest BCUT2D eigenvalue weighted by Crippen LogP contribution is 2.18. The molecule has 0 aromatic carbocycles. The summed E-state index contributed by atoms with van der Waals surface area (Å²) in [6, 6.07) is 0.375. The van der Waals surface area contributed by atoms with Crippen molar-refractivity contribution in [3.63, 3.8) is 0 Å². The Hall–Kier alpha value is -0.430. The van der Waals surface area contributed by atoms with Crippen LogP contribution in [0.15, 0.2) is 5.38 Å². The maximum atomic E-state index is 9.52. The third-order valence-corrected chi connectivity index (χ3v) is 3.72. The van der Waals surface area contributed by atoms with Gasteiger partial charge in [0.1, 0.15) is 0 Å². The van der Waals surface area contributed by atoms with Crippen molar-refractivity contribution >= 4 is 23.6 Å². The van der Waals surface area contributed by atoms with Gasteiger partial charge < -0.3 is 15.2 Å². The van der Waals surface area contributed by atoms with Crippen LogP contribution in [0.25, 0.3) is 0 Å². The zero-order valence-electron chi connectivity index (χ0n) is 8.31. The minimum absolute atomic E-state index is 0.265. The summed E-state index contributed by atoms with van der Waals surface area (Å²) in [4.78, 5) is 0. The molecule has 1 aromatic heterocycles. The zero-order chi connectivity index (χ0) is 10.7. The molecule has 1 fully saturated rings. The predicted octanol–water partition coefficient (Wildman–Crippen LogP) is 1.36. The summed E-state index contributed by atoms with van der Waals surface area (Å²) in [7, 11) is 0. The second-order valence-corrected chi connectivity index (χ2v) is 5.03. The molecule has 1 saturated heterocycles. The van der Waals surface area contributed by atoms with Gasteiger partial charge in [0, 0.05) is 19.1 Å². The van der Waals surface area contributed by atoms with Gasteiger partial charge in [0.25, 0.3) is 0 Å². The topological polar surface area (TPSA) is 46.4 Å². The maximum absolute atomic E-state index is 9.52. The molecule has 6 heteroatoms. The Bertz CT molecular complexity index is 368. The lowest BCUT2D eigenvalue weighted by atomic mass is 10.2. The van der Waals surface area contributed by atoms with Crippen molar-refractivity contribution in [3.8, 4) is 5.88 Å². The summed E-state index contributed by atoms with van der Waals surface area (Å²) in [5.74, 6) is 0.265. The Morgan fingerprint density at radius 3 is 3.20 bits per heavy atom. The molecule has 0 amide bonds. The van der Waals surface area contributed by atoms with Crippen LogP contribution in [-0.4, -0.2) is 35.5 Å². The molecule has 1 aliphatic heterocycles. The molecule has 1 unspecified atom stereocenters. The van der Waals surface area contributed by atoms with Crippen molar-refractivity contribution in [2.45, 2.75) is 19.0 Å². The molecular weight excluding hydrogens is 232 g/mol. The quantitative estimate of drug-likeness (QED) is 0.791. The van der Waals surface area contributed by atoms with E-state index in [4.69, 9.17) is 17.0 Å². The van der Waals surface area contributed by atoms with E-state index in [0.717, 1.165) is 36.7 Å². The number of thiazole rings is 1. The number of hydrogen-bond acceptors (Lipinski definition) is 5. The lowest BCUT2D eigenvalue weighted by molar-refractivity contribution is 0.0726. The van der Waals surface area contributed by atoms with Crippen LogP contribution in [0.2, 0.25) is 0 Å². The van der Waals surface area contributed by atoms with Gasteiger partial charge in [-0.25, -0.2) is 0 Å². The smallest absolute Gasteiger partial charge is 0.202 e. The SMILES string of the molecule is Oc1csc(=S)n1CCC1COCCN1. The van der Waals surface area contributed by atoms with Crippen molar-refractivity contribution in [1.82, 2.24) is 9.88 Å². The van der Waals surface area contributed by atoms with Crippen molar-refractivity contribution in [2.75, 3.05) is 19.8 Å². The van der Waals surface area contributed by atoms with Crippen LogP contribution < -0.4 is 5.32 Å². The Labute approximate surface area is 97.5 Å². The molecule has 1 atom stereocenters. The third-order valence-electron chi connectivity index (χ3n) is 2.46. The molecular formula is C9H14N2O2S2. The Morgan fingerprint density at radius 2 is 2.60 bits per heavy atom. The molecule has 0 bridgehead atoms. The van der Waals surface area contributed by atoms with Crippen LogP contribution in [0.3, 0.4) is 0 Å². The number of aromatic hydroxyl groups is 1. The van der Waals surface area contributed by atoms with E-state index < -0.39 is 0 Å². The van der Waals surface area contributed by atoms with E-state index in [9.17, 15) is 5.11 Å². The summed E-state index contributed by atoms with van der Waals surface area (Å²) in [6.45, 7) is 3.19. The minimum atomic E-state index is 0.265. The standard InChI is InChI=1S/C9H14N2O2S2/c12-8-6-15-9(14)11(8)3-1-7-5-13-4-2-10-7/h6-7,10,12H,1-5H2. The number of morpholine rings is 1. The highest BCUT2D eigenvalue weighted by molar-refractivity contribution is 7.73. The van der Waals surface area contributed by atoms with Gasteiger partial charge in [-0.3, -0.25) is 4.57 Å². The van der Waals surface area contributed by atoms with E-state index in [1.165, 1.54) is 11.3 Å². The monoisotopic (exact) mass is 246 g/mol. The summed E-state index contributed by atoms with van der Waals surface area (Å²) >= 11 is 6.50. The Balaban J connectivity index is 1.89. The lowest BCUT2D eigenvalue weighted by Gasteiger charge is -2.23. The van der Waals surface area contributed by atoms with E-state index in [0.29, 0.717) is 6.04 Å². The fourth-order valence-electron chi connectivity index (χ4n) is 1.62. The molecule has 0 saturated carbocycles. The lowest BCUT2D eigenvalue weighted by Crippen LogP contribution is -2.41. The van der Waals surface area contributed by atoms with Crippen LogP contribution in [0, 0.1) is 3.95 Å². The largest absolute Gasteiger partial charge is 0.494 e. The fourth-order valence-corrected chi connectivity index (χ4v) is 2.59. The zero-order valence-corrected chi connectivity index (χ0v) is 9.94. The normalized spacial score (nSPS) is 21.7. The molecule has 1 aliphatic rings. The van der Waals surface area contributed by atoms with E-state index >= 15 is 0 Å². The first-order valence-electron chi connectivity index (χ1n) is 4.96. The second kappa shape index (κ2) is 5.07. The first-order chi connectivity index (χ1) is 7.27. The third kappa shape index (κ3) is 2.78. The van der Waals surface area contributed by atoms with Gasteiger partial charge in [-0.15, -0.1) is 11.3 Å². The van der Waals surface area contributed by atoms with Gasteiger partial charge in [0.15, 0.2) is 3.95 Å². The minimum Gasteiger partial charge on any atom is -0.494 e. The molecule has 2 rings (SSSR count). The molecule has 0 aliphatic carbocycles. The summed E-state index contributed by atoms with van der Waals surface area (Å²) in [5.41, 5.74) is 0. The summed E-state index contributed by atoms with van der Waals surface area (Å²) in [6.07, 6.45) is 0.929. The van der Waals surface area contributed by atoms with Crippen LogP contribution in [0.1, 0.15) is 6.42 Å². The van der Waals surface area contributed by atoms with Crippen LogP contribution in [0.5, 0.6) is 5.88 Å². The number of nitrogens with one attached hydrogen (secondary N) is 1. The number of rotatable bonds is 3. The number of hydrogen-bond donors (Lipinski definition) is 2. The molecule has 2 heterocycles. The van der Waals surface area contributed by atoms with Gasteiger partial charge >= 0.3 is 0 Å². The van der Waals surface area contributed by atoms with Crippen molar-refractivity contribution in [2.24, 2.45) is 0 Å². The Kier molecular flexibility index (Phi) is 3.74. The maximum Gasteiger partial charge on any atom is 0.202 e. The molecule has 2 N–H and O–H groups in total. The van der Waals surface area contributed by atoms with E-state index in [1.807, 2.05) is 0 Å². The van der Waals surface area contributed by atoms with Gasteiger partial charge in [-0.1, -0.05) is 0 Å². The molecule has 15 heavy (non-hydrogen) atoms. The van der Waals surface area contributed by atoms with Crippen LogP contribution in [0.4, 0.5) is 0 Å². The van der Waals surface area contributed by atoms with Gasteiger partial charge in [0.05, 0.1) is 18.6 Å². The van der Waals surface area contributed by atoms with E-state index in [2.05, 4.69) is 5.32 Å². The number of nitrogens with zero attached hydrogens (tertiary/aromatic N) is 1. The van der Waals surface area contributed by atoms with E-state index in [-0.39, 0.29) is 5.88 Å². The van der Waals surface area contributed by atoms with Gasteiger partial charge in [-0.2, -0.15) is 0 Å². The van der Waals surface area contributed by atoms with Crippen molar-refractivity contribution in [1.29, 1.82) is 0 Å². The average molecular weight is 246 g/mol. The fraction of sp³-hybridized carbons (Fsp3) is 0.667. The second-order valence-electron chi connectivity index (χ2n) is 3.53. The average Bonchev–Trinajstić information content (AvgIpc) is 2.58. The molecule has 0 spiro atoms. The van der Waals surface area contributed by atoms with Crippen molar-refractivity contribution in [3.05, 3.63) is 9.33 Å². The predicted molar refractivity (Wildman–Crippen MR) is 62.0 cm³/mol. The molecule has 84 valence electrons. The van der Waals surface area contributed by atoms with Gasteiger partial charge in [0.2, 0.25) is 5.88 Å². The Morgan fingerprint density at radius 1 is 1.73 bits per heavy atom. The van der Waals surface area contributed by atoms with Gasteiger partial charge in [-0.05, 0) is 18.6 Å². The highest BCUT2D eigenvalue weighted by atomic mass is 32.1. The number of ether oxygens (including phenoxy) is 1. The van der Waals surface area contributed by atoms with Crippen LogP contribution in [-0.2, 0) is 11.3 Å².